The number of imidazole rings is 1. The van der Waals surface area contributed by atoms with E-state index < -0.39 is 12.6 Å². The van der Waals surface area contributed by atoms with E-state index >= 15 is 0 Å². The SMILES string of the molecule is CC(NC(=O)C1CC2C=CC1C2)c1nc2ccccc2n1C(F)F. The van der Waals surface area contributed by atoms with Crippen LogP contribution in [0.2, 0.25) is 0 Å². The number of benzene rings is 1. The average molecular weight is 331 g/mol. The van der Waals surface area contributed by atoms with Gasteiger partial charge in [-0.3, -0.25) is 9.36 Å². The zero-order valence-corrected chi connectivity index (χ0v) is 13.3. The fraction of sp³-hybridized carbons (Fsp3) is 0.444. The fourth-order valence-corrected chi connectivity index (χ4v) is 4.04. The van der Waals surface area contributed by atoms with Gasteiger partial charge in [-0.2, -0.15) is 8.78 Å². The molecule has 1 saturated carbocycles. The summed E-state index contributed by atoms with van der Waals surface area (Å²) in [5.74, 6) is 0.861. The highest BCUT2D eigenvalue weighted by Crippen LogP contribution is 2.43. The molecule has 1 fully saturated rings. The summed E-state index contributed by atoms with van der Waals surface area (Å²) in [4.78, 5) is 16.9. The number of halogens is 2. The van der Waals surface area contributed by atoms with Crippen molar-refractivity contribution in [2.24, 2.45) is 17.8 Å². The number of nitrogens with zero attached hydrogens (tertiary/aromatic N) is 2. The van der Waals surface area contributed by atoms with Crippen LogP contribution in [0.4, 0.5) is 8.78 Å². The number of amides is 1. The first-order chi connectivity index (χ1) is 11.5. The van der Waals surface area contributed by atoms with Gasteiger partial charge in [-0.05, 0) is 43.7 Å². The van der Waals surface area contributed by atoms with Crippen LogP contribution in [-0.4, -0.2) is 15.5 Å². The lowest BCUT2D eigenvalue weighted by molar-refractivity contribution is -0.126. The molecular formula is C18H19F2N3O. The normalized spacial score (nSPS) is 26.4. The molecule has 2 bridgehead atoms. The zero-order chi connectivity index (χ0) is 16.8. The highest BCUT2D eigenvalue weighted by Gasteiger charge is 2.40. The zero-order valence-electron chi connectivity index (χ0n) is 13.3. The number of allylic oxidation sites excluding steroid dienone is 2. The number of hydrogen-bond donors (Lipinski definition) is 1. The number of rotatable bonds is 4. The molecule has 2 aliphatic carbocycles. The second-order valence-electron chi connectivity index (χ2n) is 6.72. The predicted molar refractivity (Wildman–Crippen MR) is 86.4 cm³/mol. The number of para-hydroxylation sites is 2. The van der Waals surface area contributed by atoms with Gasteiger partial charge in [0.1, 0.15) is 5.82 Å². The number of carbonyl (C=O) groups excluding carboxylic acids is 1. The molecule has 1 aromatic carbocycles. The number of hydrogen-bond acceptors (Lipinski definition) is 2. The van der Waals surface area contributed by atoms with Crippen LogP contribution in [0.5, 0.6) is 0 Å². The van der Waals surface area contributed by atoms with Crippen molar-refractivity contribution in [3.63, 3.8) is 0 Å². The Bertz CT molecular complexity index is 814. The van der Waals surface area contributed by atoms with Gasteiger partial charge in [-0.25, -0.2) is 4.98 Å². The average Bonchev–Trinajstić information content (AvgIpc) is 3.27. The van der Waals surface area contributed by atoms with E-state index in [-0.39, 0.29) is 23.6 Å². The molecule has 126 valence electrons. The molecular weight excluding hydrogens is 312 g/mol. The third kappa shape index (κ3) is 2.41. The molecule has 4 unspecified atom stereocenters. The summed E-state index contributed by atoms with van der Waals surface area (Å²) in [6.07, 6.45) is 6.17. The van der Waals surface area contributed by atoms with Gasteiger partial charge >= 0.3 is 6.55 Å². The number of nitrogens with one attached hydrogen (secondary N) is 1. The predicted octanol–water partition coefficient (Wildman–Crippen LogP) is 3.82. The summed E-state index contributed by atoms with van der Waals surface area (Å²) in [5, 5.41) is 2.89. The van der Waals surface area contributed by atoms with Crippen LogP contribution in [0.25, 0.3) is 11.0 Å². The maximum Gasteiger partial charge on any atom is 0.320 e. The molecule has 0 saturated heterocycles. The quantitative estimate of drug-likeness (QED) is 0.866. The van der Waals surface area contributed by atoms with E-state index in [9.17, 15) is 13.6 Å². The Morgan fingerprint density at radius 2 is 2.08 bits per heavy atom. The van der Waals surface area contributed by atoms with E-state index in [4.69, 9.17) is 0 Å². The summed E-state index contributed by atoms with van der Waals surface area (Å²) >= 11 is 0. The number of alkyl halides is 2. The molecule has 2 aromatic rings. The lowest BCUT2D eigenvalue weighted by Gasteiger charge is -2.21. The smallest absolute Gasteiger partial charge is 0.320 e. The summed E-state index contributed by atoms with van der Waals surface area (Å²) in [7, 11) is 0. The van der Waals surface area contributed by atoms with Crippen molar-refractivity contribution in [3.8, 4) is 0 Å². The molecule has 1 heterocycles. The van der Waals surface area contributed by atoms with Gasteiger partial charge < -0.3 is 5.32 Å². The minimum absolute atomic E-state index is 0.0492. The van der Waals surface area contributed by atoms with E-state index in [0.717, 1.165) is 17.4 Å². The maximum absolute atomic E-state index is 13.5. The largest absolute Gasteiger partial charge is 0.346 e. The first-order valence-electron chi connectivity index (χ1n) is 8.28. The van der Waals surface area contributed by atoms with Crippen molar-refractivity contribution in [2.75, 3.05) is 0 Å². The van der Waals surface area contributed by atoms with Gasteiger partial charge in [-0.1, -0.05) is 24.3 Å². The van der Waals surface area contributed by atoms with E-state index in [0.29, 0.717) is 17.0 Å². The van der Waals surface area contributed by atoms with E-state index in [2.05, 4.69) is 22.5 Å². The van der Waals surface area contributed by atoms with Gasteiger partial charge in [-0.15, -0.1) is 0 Å². The standard InChI is InChI=1S/C18H19F2N3O/c1-10(21-17(24)13-9-11-6-7-12(13)8-11)16-22-14-4-2-3-5-15(14)23(16)18(19)20/h2-7,10-13,18H,8-9H2,1H3,(H,21,24). The minimum Gasteiger partial charge on any atom is -0.346 e. The number of aromatic nitrogens is 2. The number of carbonyl (C=O) groups is 1. The molecule has 0 spiro atoms. The van der Waals surface area contributed by atoms with Crippen LogP contribution >= 0.6 is 0 Å². The van der Waals surface area contributed by atoms with Crippen LogP contribution in [0.1, 0.15) is 38.2 Å². The Morgan fingerprint density at radius 1 is 1.29 bits per heavy atom. The molecule has 6 heteroatoms. The van der Waals surface area contributed by atoms with E-state index in [1.165, 1.54) is 0 Å². The van der Waals surface area contributed by atoms with Gasteiger partial charge in [0, 0.05) is 5.92 Å². The van der Waals surface area contributed by atoms with E-state index in [1.54, 1.807) is 31.2 Å². The van der Waals surface area contributed by atoms with Crippen molar-refractivity contribution in [1.29, 1.82) is 0 Å². The van der Waals surface area contributed by atoms with Crippen LogP contribution in [0, 0.1) is 17.8 Å². The lowest BCUT2D eigenvalue weighted by atomic mass is 9.92. The Balaban J connectivity index is 1.59. The summed E-state index contributed by atoms with van der Waals surface area (Å²) in [6.45, 7) is -0.988. The van der Waals surface area contributed by atoms with Crippen LogP contribution in [0.15, 0.2) is 36.4 Å². The molecule has 2 aliphatic rings. The minimum atomic E-state index is -2.70. The van der Waals surface area contributed by atoms with Crippen LogP contribution < -0.4 is 5.32 Å². The fourth-order valence-electron chi connectivity index (χ4n) is 4.04. The third-order valence-electron chi connectivity index (χ3n) is 5.18. The van der Waals surface area contributed by atoms with Crippen molar-refractivity contribution in [1.82, 2.24) is 14.9 Å². The molecule has 4 rings (SSSR count). The molecule has 1 amide bonds. The first kappa shape index (κ1) is 15.3. The van der Waals surface area contributed by atoms with Gasteiger partial charge in [0.2, 0.25) is 5.91 Å². The van der Waals surface area contributed by atoms with Crippen LogP contribution in [0.3, 0.4) is 0 Å². The van der Waals surface area contributed by atoms with Crippen molar-refractivity contribution in [2.45, 2.75) is 32.4 Å². The number of fused-ring (bicyclic) bond motifs is 3. The Kier molecular flexibility index (Phi) is 3.62. The Morgan fingerprint density at radius 3 is 2.75 bits per heavy atom. The van der Waals surface area contributed by atoms with Gasteiger partial charge in [0.15, 0.2) is 0 Å². The third-order valence-corrected chi connectivity index (χ3v) is 5.18. The molecule has 4 atom stereocenters. The highest BCUT2D eigenvalue weighted by atomic mass is 19.3. The molecule has 1 aromatic heterocycles. The Hall–Kier alpha value is -2.24. The highest BCUT2D eigenvalue weighted by molar-refractivity contribution is 5.81. The molecule has 24 heavy (non-hydrogen) atoms. The first-order valence-corrected chi connectivity index (χ1v) is 8.28. The molecule has 0 aliphatic heterocycles. The van der Waals surface area contributed by atoms with Crippen molar-refractivity contribution < 1.29 is 13.6 Å². The second kappa shape index (κ2) is 5.69. The van der Waals surface area contributed by atoms with E-state index in [1.807, 2.05) is 0 Å². The van der Waals surface area contributed by atoms with Crippen molar-refractivity contribution in [3.05, 3.63) is 42.2 Å². The lowest BCUT2D eigenvalue weighted by Crippen LogP contribution is -2.35. The summed E-state index contributed by atoms with van der Waals surface area (Å²) in [6, 6.07) is 6.22. The molecule has 4 nitrogen and oxygen atoms in total. The summed E-state index contributed by atoms with van der Waals surface area (Å²) in [5.41, 5.74) is 0.892. The van der Waals surface area contributed by atoms with Gasteiger partial charge in [0.05, 0.1) is 17.1 Å². The van der Waals surface area contributed by atoms with Gasteiger partial charge in [0.25, 0.3) is 0 Å². The second-order valence-corrected chi connectivity index (χ2v) is 6.72. The summed E-state index contributed by atoms with van der Waals surface area (Å²) < 4.78 is 27.9. The van der Waals surface area contributed by atoms with Crippen LogP contribution in [-0.2, 0) is 4.79 Å². The topological polar surface area (TPSA) is 46.9 Å². The van der Waals surface area contributed by atoms with Crippen molar-refractivity contribution >= 4 is 16.9 Å². The monoisotopic (exact) mass is 331 g/mol. The Labute approximate surface area is 138 Å². The maximum atomic E-state index is 13.5. The molecule has 1 N–H and O–H groups in total. The molecule has 0 radical (unpaired) electrons.